The van der Waals surface area contributed by atoms with E-state index >= 15 is 0 Å². The van der Waals surface area contributed by atoms with Gasteiger partial charge in [0.15, 0.2) is 5.76 Å². The summed E-state index contributed by atoms with van der Waals surface area (Å²) in [5.41, 5.74) is 0.789. The van der Waals surface area contributed by atoms with Gasteiger partial charge in [0.1, 0.15) is 21.3 Å². The highest BCUT2D eigenvalue weighted by Crippen LogP contribution is 2.21. The third-order valence-corrected chi connectivity index (χ3v) is 3.99. The lowest BCUT2D eigenvalue weighted by molar-refractivity contribution is 0.369. The molecule has 1 aromatic carbocycles. The molecule has 0 saturated heterocycles. The number of nitrogens with one attached hydrogen (secondary N) is 1. The Kier molecular flexibility index (Phi) is 4.74. The Bertz CT molecular complexity index is 713. The summed E-state index contributed by atoms with van der Waals surface area (Å²) in [7, 11) is -3.03. The number of hydrogen-bond acceptors (Lipinski definition) is 5. The van der Waals surface area contributed by atoms with Crippen LogP contribution in [0.3, 0.4) is 0 Å². The van der Waals surface area contributed by atoms with E-state index in [2.05, 4.69) is 10.5 Å². The molecule has 0 spiro atoms. The van der Waals surface area contributed by atoms with Crippen LogP contribution >= 0.6 is 0 Å². The van der Waals surface area contributed by atoms with Crippen LogP contribution in [0.25, 0.3) is 11.3 Å². The van der Waals surface area contributed by atoms with E-state index < -0.39 is 9.84 Å². The molecule has 21 heavy (non-hydrogen) atoms. The normalized spacial score (nSPS) is 13.3. The predicted molar refractivity (Wildman–Crippen MR) is 77.9 cm³/mol. The Morgan fingerprint density at radius 2 is 2.10 bits per heavy atom. The number of sulfone groups is 1. The van der Waals surface area contributed by atoms with Crippen LogP contribution in [-0.2, 0) is 16.4 Å². The highest BCUT2D eigenvalue weighted by molar-refractivity contribution is 7.90. The van der Waals surface area contributed by atoms with Crippen LogP contribution in [0.15, 0.2) is 34.9 Å². The maximum absolute atomic E-state index is 13.6. The third kappa shape index (κ3) is 4.64. The van der Waals surface area contributed by atoms with Gasteiger partial charge >= 0.3 is 0 Å². The molecule has 0 bridgehead atoms. The van der Waals surface area contributed by atoms with Crippen LogP contribution in [-0.4, -0.2) is 31.6 Å². The molecule has 0 aliphatic rings. The fraction of sp³-hybridized carbons (Fsp3) is 0.357. The van der Waals surface area contributed by atoms with E-state index in [0.29, 0.717) is 23.6 Å². The molecule has 0 fully saturated rings. The molecule has 7 heteroatoms. The first-order valence-corrected chi connectivity index (χ1v) is 8.53. The van der Waals surface area contributed by atoms with E-state index in [1.165, 1.54) is 12.3 Å². The van der Waals surface area contributed by atoms with Crippen molar-refractivity contribution in [3.8, 4) is 11.3 Å². The summed E-state index contributed by atoms with van der Waals surface area (Å²) in [5, 5.41) is 6.85. The fourth-order valence-corrected chi connectivity index (χ4v) is 3.01. The lowest BCUT2D eigenvalue weighted by Crippen LogP contribution is -2.32. The number of aromatic nitrogens is 1. The first-order chi connectivity index (χ1) is 9.85. The van der Waals surface area contributed by atoms with E-state index in [1.807, 2.05) is 0 Å². The molecule has 1 unspecified atom stereocenters. The summed E-state index contributed by atoms with van der Waals surface area (Å²) in [6.45, 7) is 2.10. The predicted octanol–water partition coefficient (Wildman–Crippen LogP) is 2.00. The SMILES string of the molecule is CC(CS(C)(=O)=O)NCc1cc(-c2ccccc2F)no1. The van der Waals surface area contributed by atoms with Crippen LogP contribution < -0.4 is 5.32 Å². The standard InChI is InChI=1S/C14H17FN2O3S/c1-10(9-21(2,18)19)16-8-11-7-14(17-20-11)12-5-3-4-6-13(12)15/h3-7,10,16H,8-9H2,1-2H3. The smallest absolute Gasteiger partial charge is 0.151 e. The van der Waals surface area contributed by atoms with Gasteiger partial charge in [-0.2, -0.15) is 0 Å². The zero-order chi connectivity index (χ0) is 15.5. The largest absolute Gasteiger partial charge is 0.359 e. The van der Waals surface area contributed by atoms with Gasteiger partial charge in [0.25, 0.3) is 0 Å². The van der Waals surface area contributed by atoms with Crippen molar-refractivity contribution >= 4 is 9.84 Å². The van der Waals surface area contributed by atoms with Gasteiger partial charge in [0, 0.05) is 23.9 Å². The molecule has 0 saturated carbocycles. The van der Waals surface area contributed by atoms with Crippen LogP contribution in [0.5, 0.6) is 0 Å². The molecule has 0 radical (unpaired) electrons. The third-order valence-electron chi connectivity index (χ3n) is 2.89. The molecule has 5 nitrogen and oxygen atoms in total. The Morgan fingerprint density at radius 3 is 2.76 bits per heavy atom. The molecule has 114 valence electrons. The molecule has 2 aromatic rings. The highest BCUT2D eigenvalue weighted by atomic mass is 32.2. The topological polar surface area (TPSA) is 72.2 Å². The monoisotopic (exact) mass is 312 g/mol. The van der Waals surface area contributed by atoms with Crippen molar-refractivity contribution in [2.24, 2.45) is 0 Å². The zero-order valence-corrected chi connectivity index (χ0v) is 12.7. The van der Waals surface area contributed by atoms with Gasteiger partial charge in [0.2, 0.25) is 0 Å². The number of halogens is 1. The van der Waals surface area contributed by atoms with Gasteiger partial charge in [0.05, 0.1) is 12.3 Å². The molecule has 1 atom stereocenters. The van der Waals surface area contributed by atoms with Crippen molar-refractivity contribution in [2.75, 3.05) is 12.0 Å². The van der Waals surface area contributed by atoms with Crippen molar-refractivity contribution in [2.45, 2.75) is 19.5 Å². The summed E-state index contributed by atoms with van der Waals surface area (Å²) in [5.74, 6) is 0.200. The van der Waals surface area contributed by atoms with E-state index in [0.717, 1.165) is 0 Å². The second kappa shape index (κ2) is 6.36. The number of benzene rings is 1. The van der Waals surface area contributed by atoms with Gasteiger partial charge in [-0.05, 0) is 19.1 Å². The fourth-order valence-electron chi connectivity index (χ4n) is 1.98. The lowest BCUT2D eigenvalue weighted by Gasteiger charge is -2.10. The number of nitrogens with zero attached hydrogens (tertiary/aromatic N) is 1. The van der Waals surface area contributed by atoms with Crippen LogP contribution in [0.2, 0.25) is 0 Å². The number of rotatable bonds is 6. The van der Waals surface area contributed by atoms with E-state index in [1.54, 1.807) is 31.2 Å². The summed E-state index contributed by atoms with van der Waals surface area (Å²) in [6, 6.07) is 7.74. The van der Waals surface area contributed by atoms with Gasteiger partial charge in [-0.15, -0.1) is 0 Å². The lowest BCUT2D eigenvalue weighted by atomic mass is 10.1. The number of hydrogen-bond donors (Lipinski definition) is 1. The highest BCUT2D eigenvalue weighted by Gasteiger charge is 2.13. The second-order valence-electron chi connectivity index (χ2n) is 5.03. The molecule has 0 aliphatic heterocycles. The Balaban J connectivity index is 2.00. The summed E-state index contributed by atoms with van der Waals surface area (Å²) in [6.07, 6.45) is 1.19. The van der Waals surface area contributed by atoms with Gasteiger partial charge in [-0.25, -0.2) is 12.8 Å². The van der Waals surface area contributed by atoms with Crippen LogP contribution in [0.1, 0.15) is 12.7 Å². The van der Waals surface area contributed by atoms with Crippen LogP contribution in [0.4, 0.5) is 4.39 Å². The first-order valence-electron chi connectivity index (χ1n) is 6.47. The molecule has 0 aliphatic carbocycles. The average molecular weight is 312 g/mol. The maximum Gasteiger partial charge on any atom is 0.151 e. The molecule has 1 N–H and O–H groups in total. The van der Waals surface area contributed by atoms with Crippen molar-refractivity contribution in [3.05, 3.63) is 41.9 Å². The Hall–Kier alpha value is -1.73. The zero-order valence-electron chi connectivity index (χ0n) is 11.8. The Morgan fingerprint density at radius 1 is 1.38 bits per heavy atom. The quantitative estimate of drug-likeness (QED) is 0.883. The molecule has 1 heterocycles. The van der Waals surface area contributed by atoms with Gasteiger partial charge < -0.3 is 9.84 Å². The van der Waals surface area contributed by atoms with Gasteiger partial charge in [-0.1, -0.05) is 17.3 Å². The van der Waals surface area contributed by atoms with Crippen LogP contribution in [0, 0.1) is 5.82 Å². The minimum Gasteiger partial charge on any atom is -0.359 e. The molecule has 2 rings (SSSR count). The second-order valence-corrected chi connectivity index (χ2v) is 7.22. The summed E-state index contributed by atoms with van der Waals surface area (Å²) < 4.78 is 41.1. The van der Waals surface area contributed by atoms with E-state index in [-0.39, 0.29) is 17.6 Å². The Labute approximate surface area is 123 Å². The molecule has 0 amide bonds. The molecular formula is C14H17FN2O3S. The minimum atomic E-state index is -3.03. The van der Waals surface area contributed by atoms with Crippen molar-refractivity contribution in [1.82, 2.24) is 10.5 Å². The van der Waals surface area contributed by atoms with Crippen molar-refractivity contribution in [3.63, 3.8) is 0 Å². The molecule has 1 aromatic heterocycles. The van der Waals surface area contributed by atoms with Crippen molar-refractivity contribution < 1.29 is 17.3 Å². The van der Waals surface area contributed by atoms with E-state index in [4.69, 9.17) is 4.52 Å². The van der Waals surface area contributed by atoms with E-state index in [9.17, 15) is 12.8 Å². The minimum absolute atomic E-state index is 0.0430. The molecular weight excluding hydrogens is 295 g/mol. The van der Waals surface area contributed by atoms with Gasteiger partial charge in [-0.3, -0.25) is 0 Å². The maximum atomic E-state index is 13.6. The first kappa shape index (κ1) is 15.7. The summed E-state index contributed by atoms with van der Waals surface area (Å²) in [4.78, 5) is 0. The van der Waals surface area contributed by atoms with Crippen molar-refractivity contribution in [1.29, 1.82) is 0 Å². The average Bonchev–Trinajstić information content (AvgIpc) is 2.83. The summed E-state index contributed by atoms with van der Waals surface area (Å²) >= 11 is 0.